The van der Waals surface area contributed by atoms with Crippen molar-refractivity contribution in [3.8, 4) is 5.75 Å². The molecular formula is C14H24N2O. The van der Waals surface area contributed by atoms with Crippen LogP contribution >= 0.6 is 0 Å². The molecule has 1 aromatic carbocycles. The molecule has 3 nitrogen and oxygen atoms in total. The zero-order valence-corrected chi connectivity index (χ0v) is 11.4. The maximum absolute atomic E-state index is 5.86. The smallest absolute Gasteiger partial charge is 0.121 e. The Bertz CT molecular complexity index is 350. The van der Waals surface area contributed by atoms with Crippen molar-refractivity contribution in [2.45, 2.75) is 39.8 Å². The molecule has 0 heterocycles. The van der Waals surface area contributed by atoms with Gasteiger partial charge in [-0.05, 0) is 44.5 Å². The van der Waals surface area contributed by atoms with Crippen molar-refractivity contribution in [1.82, 2.24) is 4.90 Å². The van der Waals surface area contributed by atoms with E-state index in [1.165, 1.54) is 5.56 Å². The van der Waals surface area contributed by atoms with E-state index in [0.29, 0.717) is 6.04 Å². The molecule has 0 bridgehead atoms. The quantitative estimate of drug-likeness (QED) is 0.772. The zero-order valence-electron chi connectivity index (χ0n) is 11.4. The molecule has 2 N–H and O–H groups in total. The highest BCUT2D eigenvalue weighted by Crippen LogP contribution is 2.20. The van der Waals surface area contributed by atoms with Gasteiger partial charge in [-0.25, -0.2) is 0 Å². The van der Waals surface area contributed by atoms with Crippen LogP contribution in [-0.4, -0.2) is 24.6 Å². The van der Waals surface area contributed by atoms with Gasteiger partial charge in [-0.15, -0.1) is 0 Å². The molecule has 0 atom stereocenters. The molecule has 0 aliphatic carbocycles. The molecule has 0 spiro atoms. The number of rotatable bonds is 6. The van der Waals surface area contributed by atoms with Gasteiger partial charge in [-0.1, -0.05) is 6.92 Å². The maximum Gasteiger partial charge on any atom is 0.121 e. The predicted molar refractivity (Wildman–Crippen MR) is 73.2 cm³/mol. The summed E-state index contributed by atoms with van der Waals surface area (Å²) >= 11 is 0. The molecule has 0 unspecified atom stereocenters. The molecule has 0 aromatic heterocycles. The number of nitrogens with zero attached hydrogens (tertiary/aromatic N) is 1. The minimum Gasteiger partial charge on any atom is -0.497 e. The van der Waals surface area contributed by atoms with E-state index in [1.54, 1.807) is 7.11 Å². The first-order chi connectivity index (χ1) is 8.06. The molecule has 0 aliphatic heterocycles. The average Bonchev–Trinajstić information content (AvgIpc) is 2.27. The summed E-state index contributed by atoms with van der Waals surface area (Å²) in [5.74, 6) is 0.834. The number of hydrogen-bond acceptors (Lipinski definition) is 3. The Morgan fingerprint density at radius 2 is 2.00 bits per heavy atom. The van der Waals surface area contributed by atoms with Gasteiger partial charge in [0.25, 0.3) is 0 Å². The molecule has 1 rings (SSSR count). The van der Waals surface area contributed by atoms with Crippen LogP contribution in [0.5, 0.6) is 5.75 Å². The fourth-order valence-electron chi connectivity index (χ4n) is 1.94. The summed E-state index contributed by atoms with van der Waals surface area (Å²) in [5, 5.41) is 0. The van der Waals surface area contributed by atoms with E-state index in [9.17, 15) is 0 Å². The van der Waals surface area contributed by atoms with Gasteiger partial charge in [0.2, 0.25) is 0 Å². The van der Waals surface area contributed by atoms with E-state index in [4.69, 9.17) is 10.5 Å². The second-order valence-corrected chi connectivity index (χ2v) is 4.68. The second-order valence-electron chi connectivity index (χ2n) is 4.68. The van der Waals surface area contributed by atoms with Crippen molar-refractivity contribution >= 4 is 5.69 Å². The molecule has 1 aromatic rings. The van der Waals surface area contributed by atoms with Crippen LogP contribution < -0.4 is 10.5 Å². The third-order valence-electron chi connectivity index (χ3n) is 2.85. The summed E-state index contributed by atoms with van der Waals surface area (Å²) in [6, 6.07) is 6.47. The second kappa shape index (κ2) is 6.50. The number of benzene rings is 1. The maximum atomic E-state index is 5.86. The Kier molecular flexibility index (Phi) is 5.29. The van der Waals surface area contributed by atoms with Crippen molar-refractivity contribution in [2.75, 3.05) is 19.4 Å². The first-order valence-corrected chi connectivity index (χ1v) is 6.24. The number of hydrogen-bond donors (Lipinski definition) is 1. The van der Waals surface area contributed by atoms with E-state index < -0.39 is 0 Å². The summed E-state index contributed by atoms with van der Waals surface area (Å²) in [7, 11) is 1.67. The number of anilines is 1. The van der Waals surface area contributed by atoms with Crippen LogP contribution in [0.4, 0.5) is 5.69 Å². The Morgan fingerprint density at radius 1 is 1.29 bits per heavy atom. The molecular weight excluding hydrogens is 212 g/mol. The summed E-state index contributed by atoms with van der Waals surface area (Å²) in [5.41, 5.74) is 7.84. The standard InChI is InChI=1S/C14H24N2O/c1-5-6-16(11(2)3)10-12-7-13(15)9-14(8-12)17-4/h7-9,11H,5-6,10,15H2,1-4H3. The van der Waals surface area contributed by atoms with E-state index in [2.05, 4.69) is 31.7 Å². The summed E-state index contributed by atoms with van der Waals surface area (Å²) in [6.45, 7) is 8.68. The van der Waals surface area contributed by atoms with Crippen LogP contribution in [0.2, 0.25) is 0 Å². The van der Waals surface area contributed by atoms with Gasteiger partial charge in [-0.2, -0.15) is 0 Å². The van der Waals surface area contributed by atoms with Gasteiger partial charge >= 0.3 is 0 Å². The highest BCUT2D eigenvalue weighted by atomic mass is 16.5. The summed E-state index contributed by atoms with van der Waals surface area (Å²) in [6.07, 6.45) is 1.16. The van der Waals surface area contributed by atoms with E-state index in [1.807, 2.05) is 12.1 Å². The van der Waals surface area contributed by atoms with Crippen LogP contribution in [0.1, 0.15) is 32.8 Å². The Morgan fingerprint density at radius 3 is 2.53 bits per heavy atom. The summed E-state index contributed by atoms with van der Waals surface area (Å²) < 4.78 is 5.24. The van der Waals surface area contributed by atoms with Gasteiger partial charge in [0, 0.05) is 24.3 Å². The lowest BCUT2D eigenvalue weighted by atomic mass is 10.1. The molecule has 0 saturated carbocycles. The van der Waals surface area contributed by atoms with Crippen LogP contribution in [0.25, 0.3) is 0 Å². The van der Waals surface area contributed by atoms with Crippen LogP contribution in [0, 0.1) is 0 Å². The van der Waals surface area contributed by atoms with Crippen molar-refractivity contribution < 1.29 is 4.74 Å². The molecule has 17 heavy (non-hydrogen) atoms. The third-order valence-corrected chi connectivity index (χ3v) is 2.85. The Hall–Kier alpha value is -1.22. The molecule has 0 radical (unpaired) electrons. The first kappa shape index (κ1) is 13.8. The molecule has 0 fully saturated rings. The highest BCUT2D eigenvalue weighted by molar-refractivity contribution is 5.47. The predicted octanol–water partition coefficient (Wildman–Crippen LogP) is 2.90. The summed E-state index contributed by atoms with van der Waals surface area (Å²) in [4.78, 5) is 2.44. The van der Waals surface area contributed by atoms with Crippen molar-refractivity contribution in [3.63, 3.8) is 0 Å². The number of ether oxygens (including phenoxy) is 1. The molecule has 0 saturated heterocycles. The van der Waals surface area contributed by atoms with Gasteiger partial charge in [0.05, 0.1) is 7.11 Å². The molecule has 0 aliphatic rings. The monoisotopic (exact) mass is 236 g/mol. The van der Waals surface area contributed by atoms with Crippen molar-refractivity contribution in [1.29, 1.82) is 0 Å². The van der Waals surface area contributed by atoms with Gasteiger partial charge in [0.15, 0.2) is 0 Å². The SMILES string of the molecule is CCCN(Cc1cc(N)cc(OC)c1)C(C)C. The highest BCUT2D eigenvalue weighted by Gasteiger charge is 2.10. The van der Waals surface area contributed by atoms with Crippen LogP contribution in [-0.2, 0) is 6.54 Å². The Labute approximate surface area is 105 Å². The molecule has 96 valence electrons. The molecule has 3 heteroatoms. The zero-order chi connectivity index (χ0) is 12.8. The lowest BCUT2D eigenvalue weighted by molar-refractivity contribution is 0.213. The van der Waals surface area contributed by atoms with E-state index in [-0.39, 0.29) is 0 Å². The number of nitrogen functional groups attached to an aromatic ring is 1. The lowest BCUT2D eigenvalue weighted by Gasteiger charge is -2.26. The van der Waals surface area contributed by atoms with Crippen molar-refractivity contribution in [2.24, 2.45) is 0 Å². The average molecular weight is 236 g/mol. The molecule has 0 amide bonds. The van der Waals surface area contributed by atoms with Crippen molar-refractivity contribution in [3.05, 3.63) is 23.8 Å². The minimum absolute atomic E-state index is 0.544. The normalized spacial score (nSPS) is 11.2. The van der Waals surface area contributed by atoms with Gasteiger partial charge in [-0.3, -0.25) is 4.90 Å². The first-order valence-electron chi connectivity index (χ1n) is 6.24. The number of methoxy groups -OCH3 is 1. The topological polar surface area (TPSA) is 38.5 Å². The number of nitrogens with two attached hydrogens (primary N) is 1. The van der Waals surface area contributed by atoms with Crippen LogP contribution in [0.15, 0.2) is 18.2 Å². The van der Waals surface area contributed by atoms with E-state index in [0.717, 1.165) is 30.9 Å². The van der Waals surface area contributed by atoms with Crippen LogP contribution in [0.3, 0.4) is 0 Å². The van der Waals surface area contributed by atoms with Gasteiger partial charge < -0.3 is 10.5 Å². The lowest BCUT2D eigenvalue weighted by Crippen LogP contribution is -2.31. The third kappa shape index (κ3) is 4.27. The van der Waals surface area contributed by atoms with Gasteiger partial charge in [0.1, 0.15) is 5.75 Å². The minimum atomic E-state index is 0.544. The van der Waals surface area contributed by atoms with E-state index >= 15 is 0 Å². The Balaban J connectivity index is 2.81. The largest absolute Gasteiger partial charge is 0.497 e. The fourth-order valence-corrected chi connectivity index (χ4v) is 1.94. The fraction of sp³-hybridized carbons (Fsp3) is 0.571.